The SMILES string of the molecule is CCNC(Cc1nccn1CC)CC1CC(OCC)C1. The van der Waals surface area contributed by atoms with Gasteiger partial charge in [-0.2, -0.15) is 0 Å². The topological polar surface area (TPSA) is 39.1 Å². The highest BCUT2D eigenvalue weighted by Crippen LogP contribution is 2.34. The van der Waals surface area contributed by atoms with Gasteiger partial charge >= 0.3 is 0 Å². The lowest BCUT2D eigenvalue weighted by Gasteiger charge is -2.37. The minimum atomic E-state index is 0.518. The monoisotopic (exact) mass is 279 g/mol. The molecule has 1 aromatic heterocycles. The van der Waals surface area contributed by atoms with Gasteiger partial charge in [0.15, 0.2) is 0 Å². The van der Waals surface area contributed by atoms with Crippen molar-refractivity contribution in [1.82, 2.24) is 14.9 Å². The average Bonchev–Trinajstić information content (AvgIpc) is 2.83. The van der Waals surface area contributed by atoms with E-state index >= 15 is 0 Å². The second-order valence-electron chi connectivity index (χ2n) is 5.74. The molecule has 1 unspecified atom stereocenters. The van der Waals surface area contributed by atoms with E-state index in [1.165, 1.54) is 25.1 Å². The molecule has 1 aliphatic carbocycles. The lowest BCUT2D eigenvalue weighted by atomic mass is 9.77. The van der Waals surface area contributed by atoms with Crippen LogP contribution in [0.25, 0.3) is 0 Å². The Kier molecular flexibility index (Phi) is 6.05. The van der Waals surface area contributed by atoms with E-state index in [1.54, 1.807) is 0 Å². The molecule has 0 radical (unpaired) electrons. The number of nitrogens with one attached hydrogen (secondary N) is 1. The molecule has 0 aliphatic heterocycles. The van der Waals surface area contributed by atoms with Crippen molar-refractivity contribution in [2.75, 3.05) is 13.2 Å². The Hall–Kier alpha value is -0.870. The van der Waals surface area contributed by atoms with Gasteiger partial charge in [-0.25, -0.2) is 4.98 Å². The van der Waals surface area contributed by atoms with Gasteiger partial charge in [-0.05, 0) is 45.6 Å². The second-order valence-corrected chi connectivity index (χ2v) is 5.74. The van der Waals surface area contributed by atoms with Crippen molar-refractivity contribution in [3.05, 3.63) is 18.2 Å². The van der Waals surface area contributed by atoms with Crippen LogP contribution in [0.5, 0.6) is 0 Å². The normalized spacial score (nSPS) is 23.6. The molecule has 114 valence electrons. The van der Waals surface area contributed by atoms with Crippen molar-refractivity contribution >= 4 is 0 Å². The van der Waals surface area contributed by atoms with Gasteiger partial charge in [0.2, 0.25) is 0 Å². The fraction of sp³-hybridized carbons (Fsp3) is 0.812. The molecule has 1 heterocycles. The summed E-state index contributed by atoms with van der Waals surface area (Å²) >= 11 is 0. The molecule has 20 heavy (non-hydrogen) atoms. The first-order chi connectivity index (χ1) is 9.76. The third-order valence-corrected chi connectivity index (χ3v) is 4.28. The summed E-state index contributed by atoms with van der Waals surface area (Å²) in [6.45, 7) is 9.32. The first kappa shape index (κ1) is 15.5. The van der Waals surface area contributed by atoms with E-state index < -0.39 is 0 Å². The van der Waals surface area contributed by atoms with E-state index in [0.717, 1.165) is 32.0 Å². The Morgan fingerprint density at radius 3 is 2.85 bits per heavy atom. The number of ether oxygens (including phenoxy) is 1. The van der Waals surface area contributed by atoms with Crippen LogP contribution in [0, 0.1) is 5.92 Å². The maximum Gasteiger partial charge on any atom is 0.110 e. The average molecular weight is 279 g/mol. The van der Waals surface area contributed by atoms with Crippen LogP contribution in [0.3, 0.4) is 0 Å². The smallest absolute Gasteiger partial charge is 0.110 e. The van der Waals surface area contributed by atoms with Crippen molar-refractivity contribution in [3.8, 4) is 0 Å². The molecule has 4 heteroatoms. The molecule has 1 fully saturated rings. The van der Waals surface area contributed by atoms with Crippen molar-refractivity contribution < 1.29 is 4.74 Å². The summed E-state index contributed by atoms with van der Waals surface area (Å²) in [7, 11) is 0. The highest BCUT2D eigenvalue weighted by molar-refractivity contribution is 4.97. The quantitative estimate of drug-likeness (QED) is 0.755. The van der Waals surface area contributed by atoms with E-state index in [9.17, 15) is 0 Å². The van der Waals surface area contributed by atoms with E-state index in [1.807, 2.05) is 6.20 Å². The van der Waals surface area contributed by atoms with E-state index in [2.05, 4.69) is 41.8 Å². The number of aryl methyl sites for hydroxylation is 1. The minimum Gasteiger partial charge on any atom is -0.378 e. The zero-order chi connectivity index (χ0) is 14.4. The van der Waals surface area contributed by atoms with Gasteiger partial charge < -0.3 is 14.6 Å². The zero-order valence-electron chi connectivity index (χ0n) is 13.1. The van der Waals surface area contributed by atoms with E-state index in [4.69, 9.17) is 4.74 Å². The van der Waals surface area contributed by atoms with Crippen LogP contribution >= 0.6 is 0 Å². The molecular weight excluding hydrogens is 250 g/mol. The Morgan fingerprint density at radius 1 is 1.40 bits per heavy atom. The fourth-order valence-electron chi connectivity index (χ4n) is 3.21. The lowest BCUT2D eigenvalue weighted by Crippen LogP contribution is -2.39. The predicted molar refractivity (Wildman–Crippen MR) is 81.8 cm³/mol. The summed E-state index contributed by atoms with van der Waals surface area (Å²) < 4.78 is 7.90. The molecule has 0 amide bonds. The van der Waals surface area contributed by atoms with Gasteiger partial charge in [0.25, 0.3) is 0 Å². The lowest BCUT2D eigenvalue weighted by molar-refractivity contribution is -0.0290. The van der Waals surface area contributed by atoms with Crippen molar-refractivity contribution in [2.24, 2.45) is 5.92 Å². The van der Waals surface area contributed by atoms with Gasteiger partial charge in [0, 0.05) is 38.0 Å². The van der Waals surface area contributed by atoms with Gasteiger partial charge in [-0.3, -0.25) is 0 Å². The first-order valence-corrected chi connectivity index (χ1v) is 8.11. The number of hydrogen-bond acceptors (Lipinski definition) is 3. The molecule has 2 rings (SSSR count). The standard InChI is InChI=1S/C16H29N3O/c1-4-17-14(9-13-10-15(11-13)20-6-3)12-16-18-7-8-19(16)5-2/h7-8,13-15,17H,4-6,9-12H2,1-3H3. The Labute approximate surface area is 122 Å². The first-order valence-electron chi connectivity index (χ1n) is 8.11. The summed E-state index contributed by atoms with van der Waals surface area (Å²) in [6.07, 6.45) is 9.25. The van der Waals surface area contributed by atoms with Crippen LogP contribution in [0.4, 0.5) is 0 Å². The number of nitrogens with zero attached hydrogens (tertiary/aromatic N) is 2. The molecule has 0 bridgehead atoms. The Bertz CT molecular complexity index is 385. The van der Waals surface area contributed by atoms with Crippen LogP contribution in [-0.4, -0.2) is 34.8 Å². The molecule has 4 nitrogen and oxygen atoms in total. The Balaban J connectivity index is 1.82. The van der Waals surface area contributed by atoms with Gasteiger partial charge in [-0.1, -0.05) is 6.92 Å². The third kappa shape index (κ3) is 4.06. The molecule has 0 aromatic carbocycles. The summed E-state index contributed by atoms with van der Waals surface area (Å²) in [6, 6.07) is 0.542. The molecule has 1 atom stereocenters. The summed E-state index contributed by atoms with van der Waals surface area (Å²) in [5.74, 6) is 2.03. The molecule has 1 aliphatic rings. The molecule has 1 N–H and O–H groups in total. The summed E-state index contributed by atoms with van der Waals surface area (Å²) in [5.41, 5.74) is 0. The van der Waals surface area contributed by atoms with E-state index in [-0.39, 0.29) is 0 Å². The molecule has 0 saturated heterocycles. The molecule has 1 aromatic rings. The van der Waals surface area contributed by atoms with E-state index in [0.29, 0.717) is 12.1 Å². The third-order valence-electron chi connectivity index (χ3n) is 4.28. The molecular formula is C16H29N3O. The van der Waals surface area contributed by atoms with Gasteiger partial charge in [0.05, 0.1) is 6.10 Å². The molecule has 1 saturated carbocycles. The number of aromatic nitrogens is 2. The number of likely N-dealkylation sites (N-methyl/N-ethyl adjacent to an activating group) is 1. The fourth-order valence-corrected chi connectivity index (χ4v) is 3.21. The minimum absolute atomic E-state index is 0.518. The van der Waals surface area contributed by atoms with Crippen LogP contribution in [0.2, 0.25) is 0 Å². The van der Waals surface area contributed by atoms with Gasteiger partial charge in [-0.15, -0.1) is 0 Å². The zero-order valence-corrected chi connectivity index (χ0v) is 13.1. The maximum atomic E-state index is 5.66. The van der Waals surface area contributed by atoms with Crippen molar-refractivity contribution in [2.45, 2.75) is 65.1 Å². The van der Waals surface area contributed by atoms with Crippen LogP contribution < -0.4 is 5.32 Å². The van der Waals surface area contributed by atoms with Crippen LogP contribution in [-0.2, 0) is 17.7 Å². The van der Waals surface area contributed by atoms with Gasteiger partial charge in [0.1, 0.15) is 5.82 Å². The van der Waals surface area contributed by atoms with Crippen LogP contribution in [0.15, 0.2) is 12.4 Å². The summed E-state index contributed by atoms with van der Waals surface area (Å²) in [4.78, 5) is 4.50. The largest absolute Gasteiger partial charge is 0.378 e. The second kappa shape index (κ2) is 7.79. The molecule has 0 spiro atoms. The van der Waals surface area contributed by atoms with Crippen molar-refractivity contribution in [1.29, 1.82) is 0 Å². The number of hydrogen-bond donors (Lipinski definition) is 1. The highest BCUT2D eigenvalue weighted by atomic mass is 16.5. The summed E-state index contributed by atoms with van der Waals surface area (Å²) in [5, 5.41) is 3.62. The van der Waals surface area contributed by atoms with Crippen LogP contribution in [0.1, 0.15) is 45.9 Å². The predicted octanol–water partition coefficient (Wildman–Crippen LogP) is 2.63. The maximum absolute atomic E-state index is 5.66. The number of imidazole rings is 1. The Morgan fingerprint density at radius 2 is 2.20 bits per heavy atom. The van der Waals surface area contributed by atoms with Crippen molar-refractivity contribution in [3.63, 3.8) is 0 Å². The highest BCUT2D eigenvalue weighted by Gasteiger charge is 2.31. The number of rotatable bonds is 9.